The molecule has 0 radical (unpaired) electrons. The first-order valence-corrected chi connectivity index (χ1v) is 8.47. The molecule has 0 aliphatic carbocycles. The van der Waals surface area contributed by atoms with Crippen LogP contribution < -0.4 is 4.90 Å². The topological polar surface area (TPSA) is 26.0 Å². The van der Waals surface area contributed by atoms with Gasteiger partial charge in [0.2, 0.25) is 4.77 Å². The van der Waals surface area contributed by atoms with Crippen molar-refractivity contribution < 1.29 is 8.78 Å². The van der Waals surface area contributed by atoms with Gasteiger partial charge < -0.3 is 4.90 Å². The van der Waals surface area contributed by atoms with Crippen LogP contribution in [0.5, 0.6) is 0 Å². The van der Waals surface area contributed by atoms with Gasteiger partial charge in [-0.05, 0) is 48.8 Å². The van der Waals surface area contributed by atoms with E-state index >= 15 is 0 Å². The van der Waals surface area contributed by atoms with Crippen LogP contribution in [0.2, 0.25) is 0 Å². The normalized spacial score (nSPS) is 13.8. The zero-order valence-corrected chi connectivity index (χ0v) is 14.2. The number of aryl methyl sites for hydroxylation is 1. The molecule has 0 spiro atoms. The molecular formula is C18H16F2N4S. The van der Waals surface area contributed by atoms with Crippen molar-refractivity contribution in [3.63, 3.8) is 0 Å². The summed E-state index contributed by atoms with van der Waals surface area (Å²) in [7, 11) is 0. The van der Waals surface area contributed by atoms with Crippen LogP contribution in [0.25, 0.3) is 5.69 Å². The number of fused-ring (bicyclic) bond motifs is 1. The van der Waals surface area contributed by atoms with Crippen LogP contribution in [0, 0.1) is 16.4 Å². The molecule has 1 aliphatic heterocycles. The molecule has 4 nitrogen and oxygen atoms in total. The monoisotopic (exact) mass is 358 g/mol. The summed E-state index contributed by atoms with van der Waals surface area (Å²) < 4.78 is 31.8. The van der Waals surface area contributed by atoms with Gasteiger partial charge in [0.1, 0.15) is 24.6 Å². The van der Waals surface area contributed by atoms with Gasteiger partial charge in [0.15, 0.2) is 0 Å². The Hall–Kier alpha value is -2.54. The number of rotatable bonds is 3. The van der Waals surface area contributed by atoms with E-state index in [1.54, 1.807) is 15.6 Å². The summed E-state index contributed by atoms with van der Waals surface area (Å²) in [6, 6.07) is 12.0. The van der Waals surface area contributed by atoms with Crippen LogP contribution in [-0.2, 0) is 13.1 Å². The molecule has 4 rings (SSSR count). The smallest absolute Gasteiger partial charge is 0.204 e. The second-order valence-corrected chi connectivity index (χ2v) is 6.39. The van der Waals surface area contributed by atoms with E-state index < -0.39 is 11.6 Å². The maximum atomic E-state index is 14.3. The largest absolute Gasteiger partial charge is 0.349 e. The van der Waals surface area contributed by atoms with E-state index in [9.17, 15) is 8.78 Å². The number of nitrogens with zero attached hydrogens (tertiary/aromatic N) is 4. The second-order valence-electron chi connectivity index (χ2n) is 6.02. The molecule has 25 heavy (non-hydrogen) atoms. The average Bonchev–Trinajstić information content (AvgIpc) is 2.96. The molecule has 0 amide bonds. The number of anilines is 1. The molecule has 0 bridgehead atoms. The number of hydrogen-bond acceptors (Lipinski definition) is 3. The molecule has 1 aromatic heterocycles. The predicted octanol–water partition coefficient (Wildman–Crippen LogP) is 4.09. The zero-order valence-electron chi connectivity index (χ0n) is 13.4. The van der Waals surface area contributed by atoms with Crippen LogP contribution in [0.3, 0.4) is 0 Å². The zero-order chi connectivity index (χ0) is 17.4. The lowest BCUT2D eigenvalue weighted by Gasteiger charge is -2.31. The first-order chi connectivity index (χ1) is 12.1. The fraction of sp³-hybridized carbons (Fsp3) is 0.222. The quantitative estimate of drug-likeness (QED) is 0.660. The van der Waals surface area contributed by atoms with E-state index in [1.807, 2.05) is 35.2 Å². The summed E-state index contributed by atoms with van der Waals surface area (Å²) in [4.78, 5) is 1.87. The highest BCUT2D eigenvalue weighted by Gasteiger charge is 2.22. The first-order valence-electron chi connectivity index (χ1n) is 8.06. The maximum Gasteiger partial charge on any atom is 0.204 e. The van der Waals surface area contributed by atoms with Crippen LogP contribution in [0.15, 0.2) is 48.8 Å². The number of halogens is 2. The van der Waals surface area contributed by atoms with Crippen molar-refractivity contribution in [1.82, 2.24) is 14.3 Å². The lowest BCUT2D eigenvalue weighted by molar-refractivity contribution is 0.517. The van der Waals surface area contributed by atoms with Crippen molar-refractivity contribution in [1.29, 1.82) is 0 Å². The molecule has 0 fully saturated rings. The fourth-order valence-corrected chi connectivity index (χ4v) is 3.50. The summed E-state index contributed by atoms with van der Waals surface area (Å²) in [5, 5.41) is 4.34. The van der Waals surface area contributed by atoms with Gasteiger partial charge in [0, 0.05) is 18.3 Å². The van der Waals surface area contributed by atoms with Gasteiger partial charge in [0.05, 0.1) is 5.69 Å². The fourth-order valence-electron chi connectivity index (χ4n) is 3.24. The maximum absolute atomic E-state index is 14.3. The van der Waals surface area contributed by atoms with E-state index in [0.29, 0.717) is 35.7 Å². The van der Waals surface area contributed by atoms with Crippen LogP contribution in [-0.4, -0.2) is 20.9 Å². The van der Waals surface area contributed by atoms with Crippen molar-refractivity contribution in [3.05, 3.63) is 70.8 Å². The highest BCUT2D eigenvalue weighted by Crippen LogP contribution is 2.31. The summed E-state index contributed by atoms with van der Waals surface area (Å²) in [5.41, 5.74) is 2.06. The minimum atomic E-state index is -0.539. The highest BCUT2D eigenvalue weighted by molar-refractivity contribution is 7.71. The number of aromatic nitrogens is 3. The molecule has 2 aromatic carbocycles. The third kappa shape index (κ3) is 2.95. The molecule has 0 N–H and O–H groups in total. The van der Waals surface area contributed by atoms with Crippen molar-refractivity contribution in [3.8, 4) is 5.69 Å². The third-order valence-electron chi connectivity index (χ3n) is 4.37. The molecule has 128 valence electrons. The van der Waals surface area contributed by atoms with Crippen LogP contribution >= 0.6 is 12.2 Å². The van der Waals surface area contributed by atoms with Gasteiger partial charge >= 0.3 is 0 Å². The van der Waals surface area contributed by atoms with E-state index in [2.05, 4.69) is 5.10 Å². The van der Waals surface area contributed by atoms with Crippen LogP contribution in [0.1, 0.15) is 12.0 Å². The van der Waals surface area contributed by atoms with Gasteiger partial charge in [-0.3, -0.25) is 4.57 Å². The lowest BCUT2D eigenvalue weighted by atomic mass is 10.0. The Balaban J connectivity index is 1.67. The molecule has 0 unspecified atom stereocenters. The first kappa shape index (κ1) is 16.0. The minimum absolute atomic E-state index is 0.328. The average molecular weight is 358 g/mol. The third-order valence-corrected chi connectivity index (χ3v) is 4.78. The highest BCUT2D eigenvalue weighted by atomic mass is 32.1. The Labute approximate surface area is 148 Å². The molecule has 3 aromatic rings. The van der Waals surface area contributed by atoms with Gasteiger partial charge in [-0.1, -0.05) is 18.2 Å². The van der Waals surface area contributed by atoms with Gasteiger partial charge in [-0.25, -0.2) is 13.5 Å². The Morgan fingerprint density at radius 1 is 1.12 bits per heavy atom. The molecule has 7 heteroatoms. The molecule has 0 saturated heterocycles. The van der Waals surface area contributed by atoms with Crippen molar-refractivity contribution in [2.45, 2.75) is 19.5 Å². The number of para-hydroxylation sites is 1. The SMILES string of the molecule is Fc1cc(F)c2c(c1)CCCN2Cn1ncn(-c2ccccc2)c1=S. The minimum Gasteiger partial charge on any atom is -0.349 e. The summed E-state index contributed by atoms with van der Waals surface area (Å²) in [6.45, 7) is 1.00. The predicted molar refractivity (Wildman–Crippen MR) is 94.4 cm³/mol. The summed E-state index contributed by atoms with van der Waals surface area (Å²) in [6.07, 6.45) is 3.16. The van der Waals surface area contributed by atoms with Crippen molar-refractivity contribution in [2.75, 3.05) is 11.4 Å². The number of benzene rings is 2. The van der Waals surface area contributed by atoms with Gasteiger partial charge in [-0.2, -0.15) is 5.10 Å². The Bertz CT molecular complexity index is 965. The number of hydrogen-bond donors (Lipinski definition) is 0. The molecule has 2 heterocycles. The van der Waals surface area contributed by atoms with Gasteiger partial charge in [-0.15, -0.1) is 0 Å². The summed E-state index contributed by atoms with van der Waals surface area (Å²) in [5.74, 6) is -1.08. The Kier molecular flexibility index (Phi) is 4.09. The molecule has 1 aliphatic rings. The Morgan fingerprint density at radius 2 is 1.92 bits per heavy atom. The van der Waals surface area contributed by atoms with Crippen molar-refractivity contribution >= 4 is 17.9 Å². The standard InChI is InChI=1S/C18H16F2N4S/c19-14-9-13-5-4-8-22(17(13)16(20)10-14)12-24-18(25)23(11-21-24)15-6-2-1-3-7-15/h1-3,6-7,9-11H,4-5,8,12H2. The van der Waals surface area contributed by atoms with Crippen LogP contribution in [0.4, 0.5) is 14.5 Å². The Morgan fingerprint density at radius 3 is 2.72 bits per heavy atom. The lowest BCUT2D eigenvalue weighted by Crippen LogP contribution is -2.33. The van der Waals surface area contributed by atoms with E-state index in [0.717, 1.165) is 18.2 Å². The molecular weight excluding hydrogens is 342 g/mol. The van der Waals surface area contributed by atoms with E-state index in [-0.39, 0.29) is 0 Å². The van der Waals surface area contributed by atoms with E-state index in [1.165, 1.54) is 6.07 Å². The summed E-state index contributed by atoms with van der Waals surface area (Å²) >= 11 is 5.51. The van der Waals surface area contributed by atoms with E-state index in [4.69, 9.17) is 12.2 Å². The second kappa shape index (κ2) is 6.40. The van der Waals surface area contributed by atoms with Gasteiger partial charge in [0.25, 0.3) is 0 Å². The molecule has 0 saturated carbocycles. The van der Waals surface area contributed by atoms with Crippen molar-refractivity contribution in [2.24, 2.45) is 0 Å². The molecule has 0 atom stereocenters.